The van der Waals surface area contributed by atoms with Gasteiger partial charge in [0.15, 0.2) is 11.6 Å². The molecule has 180 valence electrons. The molecule has 3 aromatic rings. The molecule has 0 saturated carbocycles. The van der Waals surface area contributed by atoms with E-state index in [-0.39, 0.29) is 5.41 Å². The molecule has 1 atom stereocenters. The highest BCUT2D eigenvalue weighted by molar-refractivity contribution is 5.94. The van der Waals surface area contributed by atoms with Gasteiger partial charge in [-0.05, 0) is 44.4 Å². The van der Waals surface area contributed by atoms with Crippen LogP contribution in [0.4, 0.5) is 11.5 Å². The predicted octanol–water partition coefficient (Wildman–Crippen LogP) is 4.14. The number of nitrogens with two attached hydrogens (primary N) is 1. The minimum absolute atomic E-state index is 0.0951. The van der Waals surface area contributed by atoms with Crippen molar-refractivity contribution in [3.05, 3.63) is 47.4 Å². The third-order valence-corrected chi connectivity index (χ3v) is 5.59. The Hall–Kier alpha value is -3.46. The molecule has 0 bridgehead atoms. The molecule has 1 aliphatic rings. The second-order valence-corrected chi connectivity index (χ2v) is 9.72. The Bertz CT molecular complexity index is 1210. The molecule has 0 radical (unpaired) electrons. The largest absolute Gasteiger partial charge is 0.493 e. The monoisotopic (exact) mass is 462 g/mol. The van der Waals surface area contributed by atoms with Crippen molar-refractivity contribution in [1.29, 1.82) is 0 Å². The molecule has 34 heavy (non-hydrogen) atoms. The predicted molar refractivity (Wildman–Crippen MR) is 136 cm³/mol. The van der Waals surface area contributed by atoms with Gasteiger partial charge in [-0.3, -0.25) is 5.73 Å². The number of aromatic nitrogens is 4. The van der Waals surface area contributed by atoms with E-state index in [0.29, 0.717) is 12.4 Å². The maximum atomic E-state index is 6.86. The molecule has 0 aliphatic carbocycles. The zero-order chi connectivity index (χ0) is 24.5. The minimum atomic E-state index is -1.22. The van der Waals surface area contributed by atoms with Crippen LogP contribution in [0.1, 0.15) is 51.4 Å². The number of ether oxygens (including phenoxy) is 1. The Kier molecular flexibility index (Phi) is 6.31. The van der Waals surface area contributed by atoms with Gasteiger partial charge < -0.3 is 19.9 Å². The third-order valence-electron chi connectivity index (χ3n) is 5.59. The summed E-state index contributed by atoms with van der Waals surface area (Å²) in [6.07, 6.45) is 3.53. The molecule has 0 saturated heterocycles. The van der Waals surface area contributed by atoms with E-state index in [4.69, 9.17) is 20.4 Å². The molecule has 0 fully saturated rings. The number of rotatable bonds is 7. The van der Waals surface area contributed by atoms with Crippen LogP contribution in [-0.4, -0.2) is 39.1 Å². The maximum absolute atomic E-state index is 6.86. The second kappa shape index (κ2) is 9.06. The summed E-state index contributed by atoms with van der Waals surface area (Å²) in [6.45, 7) is 14.5. The summed E-state index contributed by atoms with van der Waals surface area (Å²) in [7, 11) is 0. The molecule has 4 rings (SSSR count). The van der Waals surface area contributed by atoms with Gasteiger partial charge in [-0.2, -0.15) is 0 Å². The van der Waals surface area contributed by atoms with Crippen molar-refractivity contribution >= 4 is 17.7 Å². The highest BCUT2D eigenvalue weighted by atomic mass is 16.5. The quantitative estimate of drug-likeness (QED) is 0.483. The maximum Gasteiger partial charge on any atom is 0.212 e. The van der Waals surface area contributed by atoms with Gasteiger partial charge in [-0.15, -0.1) is 10.2 Å². The number of hydrogen-bond acceptors (Lipinski definition) is 8. The molecule has 9 nitrogen and oxygen atoms in total. The van der Waals surface area contributed by atoms with E-state index in [0.717, 1.165) is 52.8 Å². The summed E-state index contributed by atoms with van der Waals surface area (Å²) in [6, 6.07) is 7.86. The Morgan fingerprint density at radius 3 is 2.71 bits per heavy atom. The Morgan fingerprint density at radius 1 is 1.21 bits per heavy atom. The Balaban J connectivity index is 1.74. The lowest BCUT2D eigenvalue weighted by atomic mass is 9.97. The zero-order valence-corrected chi connectivity index (χ0v) is 20.8. The SMILES string of the molecule is CCOc1cc(-c2nncn2CC)ccc1C1(N)N=Cc2cc(C)nc(NCC(C)(C)C)c2N1. The molecule has 0 spiro atoms. The van der Waals surface area contributed by atoms with Crippen molar-refractivity contribution in [1.82, 2.24) is 19.7 Å². The number of anilines is 2. The van der Waals surface area contributed by atoms with Crippen LogP contribution in [0.5, 0.6) is 5.75 Å². The van der Waals surface area contributed by atoms with Gasteiger partial charge in [-0.1, -0.05) is 26.8 Å². The second-order valence-electron chi connectivity index (χ2n) is 9.72. The van der Waals surface area contributed by atoms with Gasteiger partial charge in [-0.25, -0.2) is 9.98 Å². The first kappa shape index (κ1) is 23.7. The van der Waals surface area contributed by atoms with Gasteiger partial charge in [0.1, 0.15) is 12.1 Å². The van der Waals surface area contributed by atoms with Crippen LogP contribution in [0.15, 0.2) is 35.6 Å². The van der Waals surface area contributed by atoms with Gasteiger partial charge in [0, 0.05) is 36.1 Å². The number of fused-ring (bicyclic) bond motifs is 1. The van der Waals surface area contributed by atoms with Crippen LogP contribution < -0.4 is 21.1 Å². The van der Waals surface area contributed by atoms with Gasteiger partial charge in [0.2, 0.25) is 5.79 Å². The molecule has 4 N–H and O–H groups in total. The van der Waals surface area contributed by atoms with Crippen molar-refractivity contribution in [2.24, 2.45) is 16.1 Å². The van der Waals surface area contributed by atoms with E-state index in [1.807, 2.05) is 42.7 Å². The highest BCUT2D eigenvalue weighted by Crippen LogP contribution is 2.39. The fourth-order valence-corrected chi connectivity index (χ4v) is 3.90. The van der Waals surface area contributed by atoms with E-state index in [1.165, 1.54) is 0 Å². The first-order valence-corrected chi connectivity index (χ1v) is 11.7. The molecular formula is C25H34N8O. The topological polar surface area (TPSA) is 115 Å². The summed E-state index contributed by atoms with van der Waals surface area (Å²) in [5.41, 5.74) is 11.3. The molecule has 1 unspecified atom stereocenters. The number of aliphatic imine (C=N–C) groups is 1. The standard InChI is InChI=1S/C25H34N8O/c1-7-33-15-29-32-23(33)17-9-10-19(20(12-17)34-8-2)25(26)28-13-18-11-16(3)30-22(21(18)31-25)27-14-24(4,5)6/h9-13,15,31H,7-8,14,26H2,1-6H3,(H,27,30). The molecule has 1 aliphatic heterocycles. The molecular weight excluding hydrogens is 428 g/mol. The van der Waals surface area contributed by atoms with Crippen LogP contribution in [0.3, 0.4) is 0 Å². The lowest BCUT2D eigenvalue weighted by Crippen LogP contribution is -2.45. The lowest BCUT2D eigenvalue weighted by molar-refractivity contribution is 0.328. The zero-order valence-electron chi connectivity index (χ0n) is 20.8. The molecule has 2 aromatic heterocycles. The van der Waals surface area contributed by atoms with Gasteiger partial charge in [0.05, 0.1) is 17.9 Å². The number of nitrogens with one attached hydrogen (secondary N) is 2. The van der Waals surface area contributed by atoms with E-state index in [9.17, 15) is 0 Å². The van der Waals surface area contributed by atoms with Crippen molar-refractivity contribution in [2.45, 2.75) is 53.9 Å². The first-order chi connectivity index (χ1) is 16.1. The number of aryl methyl sites for hydroxylation is 2. The minimum Gasteiger partial charge on any atom is -0.493 e. The average molecular weight is 463 g/mol. The van der Waals surface area contributed by atoms with E-state index >= 15 is 0 Å². The van der Waals surface area contributed by atoms with Crippen molar-refractivity contribution in [3.8, 4) is 17.1 Å². The summed E-state index contributed by atoms with van der Waals surface area (Å²) < 4.78 is 8.00. The van der Waals surface area contributed by atoms with Gasteiger partial charge >= 0.3 is 0 Å². The molecule has 9 heteroatoms. The number of hydrogen-bond donors (Lipinski definition) is 3. The summed E-state index contributed by atoms with van der Waals surface area (Å²) in [5, 5.41) is 15.2. The third kappa shape index (κ3) is 4.75. The Labute approximate surface area is 200 Å². The van der Waals surface area contributed by atoms with Crippen molar-refractivity contribution in [2.75, 3.05) is 23.8 Å². The fourth-order valence-electron chi connectivity index (χ4n) is 3.90. The van der Waals surface area contributed by atoms with Crippen molar-refractivity contribution in [3.63, 3.8) is 0 Å². The average Bonchev–Trinajstić information content (AvgIpc) is 3.26. The van der Waals surface area contributed by atoms with E-state index < -0.39 is 5.79 Å². The molecule has 1 aromatic carbocycles. The first-order valence-electron chi connectivity index (χ1n) is 11.7. The summed E-state index contributed by atoms with van der Waals surface area (Å²) in [5.74, 6) is 0.964. The summed E-state index contributed by atoms with van der Waals surface area (Å²) >= 11 is 0. The van der Waals surface area contributed by atoms with Gasteiger partial charge in [0.25, 0.3) is 0 Å². The van der Waals surface area contributed by atoms with Crippen LogP contribution in [0.25, 0.3) is 11.4 Å². The Morgan fingerprint density at radius 2 is 2.00 bits per heavy atom. The van der Waals surface area contributed by atoms with Crippen LogP contribution in [0.2, 0.25) is 0 Å². The van der Waals surface area contributed by atoms with Crippen LogP contribution in [0, 0.1) is 12.3 Å². The number of pyridine rings is 1. The smallest absolute Gasteiger partial charge is 0.212 e. The number of nitrogens with zero attached hydrogens (tertiary/aromatic N) is 5. The fraction of sp³-hybridized carbons (Fsp3) is 0.440. The highest BCUT2D eigenvalue weighted by Gasteiger charge is 2.34. The molecule has 3 heterocycles. The normalized spacial score (nSPS) is 17.3. The van der Waals surface area contributed by atoms with E-state index in [1.54, 1.807) is 12.5 Å². The van der Waals surface area contributed by atoms with E-state index in [2.05, 4.69) is 48.5 Å². The van der Waals surface area contributed by atoms with Crippen LogP contribution >= 0.6 is 0 Å². The van der Waals surface area contributed by atoms with Crippen molar-refractivity contribution < 1.29 is 4.74 Å². The molecule has 0 amide bonds. The van der Waals surface area contributed by atoms with Crippen LogP contribution in [-0.2, 0) is 12.3 Å². The lowest BCUT2D eigenvalue weighted by Gasteiger charge is -2.34. The summed E-state index contributed by atoms with van der Waals surface area (Å²) in [4.78, 5) is 9.44. The number of benzene rings is 1.